The fraction of sp³-hybridized carbons (Fsp3) is 0.500. The van der Waals surface area contributed by atoms with Crippen LogP contribution in [0.5, 0.6) is 0 Å². The first kappa shape index (κ1) is 13.6. The molecule has 0 amide bonds. The van der Waals surface area contributed by atoms with Crippen LogP contribution >= 0.6 is 23.8 Å². The highest BCUT2D eigenvalue weighted by Gasteiger charge is 2.20. The molecule has 1 N–H and O–H groups in total. The molecule has 1 fully saturated rings. The average Bonchev–Trinajstić information content (AvgIpc) is 2.33. The van der Waals surface area contributed by atoms with E-state index < -0.39 is 0 Å². The Morgan fingerprint density at radius 1 is 1.44 bits per heavy atom. The Bertz CT molecular complexity index is 447. The summed E-state index contributed by atoms with van der Waals surface area (Å²) in [5.41, 5.74) is 2.16. The van der Waals surface area contributed by atoms with Crippen molar-refractivity contribution in [1.29, 1.82) is 0 Å². The summed E-state index contributed by atoms with van der Waals surface area (Å²) in [5, 5.41) is 4.92. The number of likely N-dealkylation sites (tertiary alicyclic amines) is 1. The van der Waals surface area contributed by atoms with Crippen LogP contribution in [0.1, 0.15) is 31.7 Å². The van der Waals surface area contributed by atoms with Gasteiger partial charge in [0.25, 0.3) is 0 Å². The van der Waals surface area contributed by atoms with Crippen LogP contribution in [-0.4, -0.2) is 22.6 Å². The topological polar surface area (TPSA) is 15.3 Å². The number of rotatable bonds is 1. The molecule has 18 heavy (non-hydrogen) atoms. The zero-order valence-corrected chi connectivity index (χ0v) is 12.4. The lowest BCUT2D eigenvalue weighted by molar-refractivity contribution is 0.262. The summed E-state index contributed by atoms with van der Waals surface area (Å²) >= 11 is 11.5. The van der Waals surface area contributed by atoms with Crippen molar-refractivity contribution in [2.45, 2.75) is 39.2 Å². The summed E-state index contributed by atoms with van der Waals surface area (Å²) in [6.07, 6.45) is 3.76. The average molecular weight is 283 g/mol. The predicted molar refractivity (Wildman–Crippen MR) is 82.4 cm³/mol. The van der Waals surface area contributed by atoms with Gasteiger partial charge < -0.3 is 10.2 Å². The first-order valence-corrected chi connectivity index (χ1v) is 7.20. The predicted octanol–water partition coefficient (Wildman–Crippen LogP) is 4.22. The van der Waals surface area contributed by atoms with Gasteiger partial charge in [0.15, 0.2) is 5.11 Å². The highest BCUT2D eigenvalue weighted by atomic mass is 35.5. The molecular weight excluding hydrogens is 264 g/mol. The van der Waals surface area contributed by atoms with Crippen molar-refractivity contribution in [2.24, 2.45) is 0 Å². The van der Waals surface area contributed by atoms with Crippen molar-refractivity contribution in [1.82, 2.24) is 4.90 Å². The molecule has 1 aromatic rings. The van der Waals surface area contributed by atoms with Crippen molar-refractivity contribution in [2.75, 3.05) is 11.9 Å². The molecule has 2 nitrogen and oxygen atoms in total. The van der Waals surface area contributed by atoms with E-state index in [-0.39, 0.29) is 0 Å². The summed E-state index contributed by atoms with van der Waals surface area (Å²) in [6.45, 7) is 5.33. The quantitative estimate of drug-likeness (QED) is 0.777. The second-order valence-corrected chi connectivity index (χ2v) is 5.75. The molecule has 0 unspecified atom stereocenters. The van der Waals surface area contributed by atoms with E-state index in [4.69, 9.17) is 23.8 Å². The zero-order valence-electron chi connectivity index (χ0n) is 10.9. The normalized spacial score (nSPS) is 19.7. The van der Waals surface area contributed by atoms with Crippen LogP contribution in [0.3, 0.4) is 0 Å². The molecule has 98 valence electrons. The van der Waals surface area contributed by atoms with Crippen LogP contribution in [0.25, 0.3) is 0 Å². The third kappa shape index (κ3) is 3.15. The van der Waals surface area contributed by atoms with Crippen molar-refractivity contribution < 1.29 is 0 Å². The van der Waals surface area contributed by atoms with E-state index in [1.165, 1.54) is 19.3 Å². The molecule has 1 atom stereocenters. The molecule has 0 bridgehead atoms. The van der Waals surface area contributed by atoms with Gasteiger partial charge in [-0.25, -0.2) is 0 Å². The van der Waals surface area contributed by atoms with Crippen molar-refractivity contribution in [3.05, 3.63) is 28.8 Å². The molecule has 0 saturated carbocycles. The molecule has 0 aliphatic carbocycles. The van der Waals surface area contributed by atoms with Gasteiger partial charge in [-0.2, -0.15) is 0 Å². The maximum atomic E-state index is 5.95. The van der Waals surface area contributed by atoms with Crippen molar-refractivity contribution in [3.63, 3.8) is 0 Å². The van der Waals surface area contributed by atoms with Gasteiger partial charge in [-0.3, -0.25) is 0 Å². The van der Waals surface area contributed by atoms with Crippen molar-refractivity contribution >= 4 is 34.6 Å². The van der Waals surface area contributed by atoms with Gasteiger partial charge in [0.05, 0.1) is 0 Å². The number of anilines is 1. The molecule has 0 aromatic heterocycles. The second-order valence-electron chi connectivity index (χ2n) is 4.93. The van der Waals surface area contributed by atoms with Crippen LogP contribution in [0.2, 0.25) is 5.02 Å². The number of thiocarbonyl (C=S) groups is 1. The Labute approximate surface area is 119 Å². The van der Waals surface area contributed by atoms with Gasteiger partial charge in [0.1, 0.15) is 0 Å². The molecule has 2 rings (SSSR count). The Balaban J connectivity index is 2.06. The molecule has 0 radical (unpaired) electrons. The highest BCUT2D eigenvalue weighted by molar-refractivity contribution is 7.80. The third-order valence-corrected chi connectivity index (χ3v) is 4.07. The van der Waals surface area contributed by atoms with Gasteiger partial charge in [0, 0.05) is 23.3 Å². The van der Waals surface area contributed by atoms with Crippen molar-refractivity contribution in [3.8, 4) is 0 Å². The van der Waals surface area contributed by atoms with Crippen LogP contribution in [0.15, 0.2) is 18.2 Å². The Kier molecular flexibility index (Phi) is 4.46. The first-order chi connectivity index (χ1) is 8.58. The van der Waals surface area contributed by atoms with Crippen LogP contribution in [0, 0.1) is 6.92 Å². The van der Waals surface area contributed by atoms with E-state index in [1.807, 2.05) is 25.1 Å². The molecule has 1 aliphatic rings. The minimum Gasteiger partial charge on any atom is -0.346 e. The lowest BCUT2D eigenvalue weighted by atomic mass is 10.0. The molecule has 1 aliphatic heterocycles. The lowest BCUT2D eigenvalue weighted by Gasteiger charge is -2.35. The number of hydrogen-bond donors (Lipinski definition) is 1. The van der Waals surface area contributed by atoms with E-state index in [1.54, 1.807) is 0 Å². The SMILES string of the molecule is Cc1cc(Cl)ccc1NC(=S)N1CCCC[C@H]1C. The van der Waals surface area contributed by atoms with E-state index in [0.717, 1.165) is 27.9 Å². The Morgan fingerprint density at radius 3 is 2.89 bits per heavy atom. The zero-order chi connectivity index (χ0) is 13.1. The monoisotopic (exact) mass is 282 g/mol. The van der Waals surface area contributed by atoms with E-state index in [9.17, 15) is 0 Å². The van der Waals surface area contributed by atoms with Gasteiger partial charge in [-0.15, -0.1) is 0 Å². The number of halogens is 1. The fourth-order valence-corrected chi connectivity index (χ4v) is 2.96. The molecule has 1 aromatic carbocycles. The highest BCUT2D eigenvalue weighted by Crippen LogP contribution is 2.22. The minimum absolute atomic E-state index is 0.534. The van der Waals surface area contributed by atoms with Gasteiger partial charge in [0.2, 0.25) is 0 Å². The number of nitrogens with zero attached hydrogens (tertiary/aromatic N) is 1. The smallest absolute Gasteiger partial charge is 0.173 e. The second kappa shape index (κ2) is 5.89. The molecular formula is C14H19ClN2S. The number of piperidine rings is 1. The van der Waals surface area contributed by atoms with Gasteiger partial charge >= 0.3 is 0 Å². The van der Waals surface area contributed by atoms with Crippen LogP contribution in [0.4, 0.5) is 5.69 Å². The van der Waals surface area contributed by atoms with Gasteiger partial charge in [-0.1, -0.05) is 11.6 Å². The van der Waals surface area contributed by atoms with Crippen LogP contribution < -0.4 is 5.32 Å². The Hall–Kier alpha value is -0.800. The van der Waals surface area contributed by atoms with E-state index in [0.29, 0.717) is 6.04 Å². The summed E-state index contributed by atoms with van der Waals surface area (Å²) in [6, 6.07) is 6.36. The van der Waals surface area contributed by atoms with E-state index >= 15 is 0 Å². The third-order valence-electron chi connectivity index (χ3n) is 3.49. The maximum absolute atomic E-state index is 5.95. The fourth-order valence-electron chi connectivity index (χ4n) is 2.35. The minimum atomic E-state index is 0.534. The van der Waals surface area contributed by atoms with Crippen LogP contribution in [-0.2, 0) is 0 Å². The molecule has 0 spiro atoms. The lowest BCUT2D eigenvalue weighted by Crippen LogP contribution is -2.44. The summed E-state index contributed by atoms with van der Waals surface area (Å²) < 4.78 is 0. The standard InChI is InChI=1S/C14H19ClN2S/c1-10-9-12(15)6-7-13(10)16-14(18)17-8-4-3-5-11(17)2/h6-7,9,11H,3-5,8H2,1-2H3,(H,16,18)/t11-/m1/s1. The Morgan fingerprint density at radius 2 is 2.22 bits per heavy atom. The first-order valence-electron chi connectivity index (χ1n) is 6.41. The number of benzene rings is 1. The summed E-state index contributed by atoms with van der Waals surface area (Å²) in [5.74, 6) is 0. The molecule has 4 heteroatoms. The molecule has 1 heterocycles. The molecule has 1 saturated heterocycles. The number of hydrogen-bond acceptors (Lipinski definition) is 1. The summed E-state index contributed by atoms with van der Waals surface area (Å²) in [4.78, 5) is 2.28. The summed E-state index contributed by atoms with van der Waals surface area (Å²) in [7, 11) is 0. The van der Waals surface area contributed by atoms with Gasteiger partial charge in [-0.05, 0) is 69.1 Å². The maximum Gasteiger partial charge on any atom is 0.173 e. The number of aryl methyl sites for hydroxylation is 1. The largest absolute Gasteiger partial charge is 0.346 e. The number of nitrogens with one attached hydrogen (secondary N) is 1. The van der Waals surface area contributed by atoms with E-state index in [2.05, 4.69) is 17.1 Å².